The van der Waals surface area contributed by atoms with Crippen molar-refractivity contribution in [3.05, 3.63) is 29.8 Å². The molecule has 1 aliphatic heterocycles. The Kier molecular flexibility index (Phi) is 6.39. The van der Waals surface area contributed by atoms with E-state index in [1.807, 2.05) is 6.92 Å². The lowest BCUT2D eigenvalue weighted by atomic mass is 9.93. The lowest BCUT2D eigenvalue weighted by molar-refractivity contribution is -0.125. The quantitative estimate of drug-likeness (QED) is 0.527. The van der Waals surface area contributed by atoms with E-state index in [-0.39, 0.29) is 18.3 Å². The van der Waals surface area contributed by atoms with Gasteiger partial charge in [-0.25, -0.2) is 8.78 Å². The summed E-state index contributed by atoms with van der Waals surface area (Å²) in [5, 5.41) is 6.39. The zero-order valence-corrected chi connectivity index (χ0v) is 15.5. The summed E-state index contributed by atoms with van der Waals surface area (Å²) in [4.78, 5) is 17.6. The molecule has 0 spiro atoms. The molecule has 1 saturated heterocycles. The number of nitrogens with zero attached hydrogens (tertiary/aromatic N) is 2. The summed E-state index contributed by atoms with van der Waals surface area (Å²) in [7, 11) is 0. The number of nitrogens with one attached hydrogen (secondary N) is 2. The number of carbonyl (C=O) groups is 1. The number of amides is 1. The molecule has 1 atom stereocenters. The van der Waals surface area contributed by atoms with E-state index in [0.717, 1.165) is 6.42 Å². The molecular weight excluding hydrogens is 340 g/mol. The number of para-hydroxylation sites is 1. The van der Waals surface area contributed by atoms with E-state index in [4.69, 9.17) is 5.73 Å². The average molecular weight is 367 g/mol. The van der Waals surface area contributed by atoms with Gasteiger partial charge in [0.05, 0.1) is 12.0 Å². The molecule has 1 aliphatic rings. The molecule has 1 amide bonds. The minimum atomic E-state index is -0.750. The third-order valence-corrected chi connectivity index (χ3v) is 4.43. The van der Waals surface area contributed by atoms with Gasteiger partial charge in [-0.05, 0) is 39.3 Å². The first-order valence-electron chi connectivity index (χ1n) is 8.78. The first-order chi connectivity index (χ1) is 12.2. The highest BCUT2D eigenvalue weighted by Gasteiger charge is 2.28. The van der Waals surface area contributed by atoms with E-state index in [1.54, 1.807) is 18.7 Å². The summed E-state index contributed by atoms with van der Waals surface area (Å²) in [5.41, 5.74) is 4.64. The van der Waals surface area contributed by atoms with Crippen LogP contribution in [-0.4, -0.2) is 44.1 Å². The van der Waals surface area contributed by atoms with Crippen molar-refractivity contribution in [2.24, 2.45) is 16.1 Å². The van der Waals surface area contributed by atoms with Crippen LogP contribution in [0.4, 0.5) is 14.5 Å². The minimum Gasteiger partial charge on any atom is -0.369 e. The van der Waals surface area contributed by atoms with Crippen molar-refractivity contribution < 1.29 is 13.6 Å². The molecule has 1 heterocycles. The van der Waals surface area contributed by atoms with Crippen LogP contribution >= 0.6 is 0 Å². The number of aliphatic imine (C=N–C) groups is 1. The Bertz CT molecular complexity index is 657. The van der Waals surface area contributed by atoms with E-state index < -0.39 is 23.0 Å². The average Bonchev–Trinajstić information content (AvgIpc) is 3.01. The van der Waals surface area contributed by atoms with Gasteiger partial charge in [-0.2, -0.15) is 0 Å². The zero-order valence-electron chi connectivity index (χ0n) is 15.5. The monoisotopic (exact) mass is 367 g/mol. The van der Waals surface area contributed by atoms with Crippen LogP contribution in [0.5, 0.6) is 0 Å². The molecule has 8 heteroatoms. The second-order valence-electron chi connectivity index (χ2n) is 7.09. The summed E-state index contributed by atoms with van der Waals surface area (Å²) >= 11 is 0. The standard InChI is InChI=1S/C18H27F2N5O/c1-4-22-17(23-11-18(2,3)16(21)26)24-12-8-9-25(10-12)15-13(19)6-5-7-14(15)20/h5-7,12H,4,8-11H2,1-3H3,(H2,21,26)(H2,22,23,24). The maximum Gasteiger partial charge on any atom is 0.224 e. The maximum absolute atomic E-state index is 14.0. The van der Waals surface area contributed by atoms with Crippen molar-refractivity contribution in [2.45, 2.75) is 33.2 Å². The molecule has 0 radical (unpaired) electrons. The van der Waals surface area contributed by atoms with E-state index in [1.165, 1.54) is 18.2 Å². The van der Waals surface area contributed by atoms with Crippen LogP contribution in [0.2, 0.25) is 0 Å². The summed E-state index contributed by atoms with van der Waals surface area (Å²) < 4.78 is 27.9. The Labute approximate surface area is 152 Å². The fourth-order valence-electron chi connectivity index (χ4n) is 2.74. The summed E-state index contributed by atoms with van der Waals surface area (Å²) in [6.07, 6.45) is 0.720. The van der Waals surface area contributed by atoms with Gasteiger partial charge in [-0.15, -0.1) is 0 Å². The third-order valence-electron chi connectivity index (χ3n) is 4.43. The summed E-state index contributed by atoms with van der Waals surface area (Å²) in [5.74, 6) is -0.981. The minimum absolute atomic E-state index is 0.00796. The predicted octanol–water partition coefficient (Wildman–Crippen LogP) is 1.61. The van der Waals surface area contributed by atoms with Crippen LogP contribution < -0.4 is 21.3 Å². The molecule has 6 nitrogen and oxygen atoms in total. The van der Waals surface area contributed by atoms with Crippen LogP contribution in [0.1, 0.15) is 27.2 Å². The normalized spacial score (nSPS) is 18.1. The number of rotatable bonds is 6. The van der Waals surface area contributed by atoms with Gasteiger partial charge in [-0.1, -0.05) is 6.07 Å². The van der Waals surface area contributed by atoms with E-state index in [0.29, 0.717) is 25.6 Å². The van der Waals surface area contributed by atoms with Crippen LogP contribution in [0.25, 0.3) is 0 Å². The van der Waals surface area contributed by atoms with Gasteiger partial charge in [0.25, 0.3) is 0 Å². The number of hydrogen-bond donors (Lipinski definition) is 3. The van der Waals surface area contributed by atoms with Gasteiger partial charge < -0.3 is 21.3 Å². The third kappa shape index (κ3) is 4.83. The molecule has 144 valence electrons. The Morgan fingerprint density at radius 2 is 2.04 bits per heavy atom. The molecular formula is C18H27F2N5O. The van der Waals surface area contributed by atoms with Crippen molar-refractivity contribution in [3.63, 3.8) is 0 Å². The maximum atomic E-state index is 14.0. The van der Waals surface area contributed by atoms with Crippen LogP contribution in [0, 0.1) is 17.0 Å². The SMILES string of the molecule is CCNC(=NCC(C)(C)C(N)=O)NC1CCN(c2c(F)cccc2F)C1. The number of halogens is 2. The number of anilines is 1. The van der Waals surface area contributed by atoms with Gasteiger partial charge in [0.2, 0.25) is 5.91 Å². The van der Waals surface area contributed by atoms with Gasteiger partial charge in [0, 0.05) is 25.7 Å². The number of benzene rings is 1. The molecule has 4 N–H and O–H groups in total. The highest BCUT2D eigenvalue weighted by molar-refractivity contribution is 5.83. The topological polar surface area (TPSA) is 82.7 Å². The van der Waals surface area contributed by atoms with Crippen LogP contribution in [0.3, 0.4) is 0 Å². The molecule has 1 unspecified atom stereocenters. The number of primary amides is 1. The van der Waals surface area contributed by atoms with E-state index >= 15 is 0 Å². The molecule has 1 fully saturated rings. The number of nitrogens with two attached hydrogens (primary N) is 1. The van der Waals surface area contributed by atoms with Crippen LogP contribution in [0.15, 0.2) is 23.2 Å². The Morgan fingerprint density at radius 1 is 1.38 bits per heavy atom. The van der Waals surface area contributed by atoms with Crippen molar-refractivity contribution in [1.29, 1.82) is 0 Å². The Morgan fingerprint density at radius 3 is 2.62 bits per heavy atom. The summed E-state index contributed by atoms with van der Waals surface area (Å²) in [6, 6.07) is 3.87. The van der Waals surface area contributed by atoms with E-state index in [9.17, 15) is 13.6 Å². The highest BCUT2D eigenvalue weighted by atomic mass is 19.1. The molecule has 2 rings (SSSR count). The second-order valence-corrected chi connectivity index (χ2v) is 7.09. The smallest absolute Gasteiger partial charge is 0.224 e. The highest BCUT2D eigenvalue weighted by Crippen LogP contribution is 2.26. The molecule has 26 heavy (non-hydrogen) atoms. The fraction of sp³-hybridized carbons (Fsp3) is 0.556. The molecule has 0 saturated carbocycles. The lowest BCUT2D eigenvalue weighted by Gasteiger charge is -2.22. The molecule has 0 bridgehead atoms. The van der Waals surface area contributed by atoms with E-state index in [2.05, 4.69) is 15.6 Å². The molecule has 1 aromatic carbocycles. The lowest BCUT2D eigenvalue weighted by Crippen LogP contribution is -2.45. The van der Waals surface area contributed by atoms with Gasteiger partial charge in [0.1, 0.15) is 17.3 Å². The van der Waals surface area contributed by atoms with Gasteiger partial charge in [0.15, 0.2) is 5.96 Å². The molecule has 0 aromatic heterocycles. The first-order valence-corrected chi connectivity index (χ1v) is 8.78. The van der Waals surface area contributed by atoms with Gasteiger partial charge in [-0.3, -0.25) is 9.79 Å². The fourth-order valence-corrected chi connectivity index (χ4v) is 2.74. The second kappa shape index (κ2) is 8.33. The van der Waals surface area contributed by atoms with Crippen LogP contribution in [-0.2, 0) is 4.79 Å². The van der Waals surface area contributed by atoms with Crippen molar-refractivity contribution >= 4 is 17.6 Å². The Hall–Kier alpha value is -2.38. The number of hydrogen-bond acceptors (Lipinski definition) is 3. The van der Waals surface area contributed by atoms with Crippen molar-refractivity contribution in [1.82, 2.24) is 10.6 Å². The van der Waals surface area contributed by atoms with Gasteiger partial charge >= 0.3 is 0 Å². The summed E-state index contributed by atoms with van der Waals surface area (Å²) in [6.45, 7) is 7.31. The largest absolute Gasteiger partial charge is 0.369 e. The number of carbonyl (C=O) groups excluding carboxylic acids is 1. The molecule has 0 aliphatic carbocycles. The van der Waals surface area contributed by atoms with Crippen molar-refractivity contribution in [3.8, 4) is 0 Å². The number of guanidine groups is 1. The molecule has 1 aromatic rings. The zero-order chi connectivity index (χ0) is 19.3. The Balaban J connectivity index is 2.03. The van der Waals surface area contributed by atoms with Crippen molar-refractivity contribution in [2.75, 3.05) is 31.1 Å². The first kappa shape index (κ1) is 19.9. The predicted molar refractivity (Wildman–Crippen MR) is 99.1 cm³/mol.